The molecule has 0 bridgehead atoms. The van der Waals surface area contributed by atoms with E-state index in [-0.39, 0.29) is 11.5 Å². The summed E-state index contributed by atoms with van der Waals surface area (Å²) in [5, 5.41) is 9.06. The van der Waals surface area contributed by atoms with Crippen LogP contribution in [0.1, 0.15) is 22.0 Å². The maximum atomic E-state index is 13.8. The fourth-order valence-electron chi connectivity index (χ4n) is 2.08. The van der Waals surface area contributed by atoms with E-state index in [9.17, 15) is 22.8 Å². The molecule has 3 rings (SSSR count). The van der Waals surface area contributed by atoms with E-state index in [1.165, 1.54) is 0 Å². The van der Waals surface area contributed by atoms with Crippen molar-refractivity contribution in [2.75, 3.05) is 5.32 Å². The lowest BCUT2D eigenvalue weighted by Gasteiger charge is -2.22. The third-order valence-corrected chi connectivity index (χ3v) is 2.95. The Morgan fingerprint density at radius 2 is 1.76 bits per heavy atom. The van der Waals surface area contributed by atoms with Gasteiger partial charge in [-0.05, 0) is 0 Å². The van der Waals surface area contributed by atoms with Gasteiger partial charge in [-0.2, -0.15) is 0 Å². The third-order valence-electron chi connectivity index (χ3n) is 2.95. The number of aromatic nitrogens is 3. The van der Waals surface area contributed by atoms with Crippen LogP contribution in [0.15, 0.2) is 18.5 Å². The molecule has 0 saturated carbocycles. The Kier molecular flexibility index (Phi) is 2.89. The number of anilines is 1. The summed E-state index contributed by atoms with van der Waals surface area (Å²) >= 11 is 0. The summed E-state index contributed by atoms with van der Waals surface area (Å²) in [6.07, 6.45) is 0.961. The van der Waals surface area contributed by atoms with E-state index in [4.69, 9.17) is 0 Å². The van der Waals surface area contributed by atoms with E-state index in [2.05, 4.69) is 20.5 Å². The first-order chi connectivity index (χ1) is 9.99. The quantitative estimate of drug-likeness (QED) is 0.799. The first kappa shape index (κ1) is 13.2. The topological polar surface area (TPSA) is 84.8 Å². The third kappa shape index (κ3) is 2.02. The molecule has 6 nitrogen and oxygen atoms in total. The zero-order chi connectivity index (χ0) is 15.1. The number of carbonyl (C=O) groups excluding carboxylic acids is 2. The van der Waals surface area contributed by atoms with Gasteiger partial charge in [0.1, 0.15) is 29.7 Å². The molecule has 2 heterocycles. The molecule has 1 aliphatic heterocycles. The molecular weight excluding hydrogens is 289 g/mol. The Labute approximate surface area is 115 Å². The van der Waals surface area contributed by atoms with Crippen LogP contribution >= 0.6 is 0 Å². The number of rotatable bonds is 1. The predicted molar refractivity (Wildman–Crippen MR) is 61.8 cm³/mol. The van der Waals surface area contributed by atoms with E-state index in [1.807, 2.05) is 0 Å². The van der Waals surface area contributed by atoms with Crippen molar-refractivity contribution in [3.05, 3.63) is 47.2 Å². The van der Waals surface area contributed by atoms with Gasteiger partial charge in [-0.25, -0.2) is 18.2 Å². The summed E-state index contributed by atoms with van der Waals surface area (Å²) in [6.45, 7) is 0. The van der Waals surface area contributed by atoms with Crippen LogP contribution in [0.4, 0.5) is 19.0 Å². The summed E-state index contributed by atoms with van der Waals surface area (Å²) in [5.74, 6) is -7.71. The molecule has 1 aliphatic rings. The molecule has 0 spiro atoms. The van der Waals surface area contributed by atoms with E-state index in [1.54, 1.807) is 0 Å². The molecule has 1 N–H and O–H groups in total. The second-order valence-corrected chi connectivity index (χ2v) is 4.23. The number of nitrogens with zero attached hydrogens (tertiary/aromatic N) is 3. The normalized spacial score (nSPS) is 17.4. The largest absolute Gasteiger partial charge is 0.306 e. The molecular formula is C12H5F3N4O2. The Morgan fingerprint density at radius 1 is 1.10 bits per heavy atom. The monoisotopic (exact) mass is 294 g/mol. The number of amides is 1. The number of Topliss-reactive ketones (excluding diaryl/α,β-unsaturated/α-hetero) is 1. The van der Waals surface area contributed by atoms with Crippen LogP contribution in [0.25, 0.3) is 0 Å². The van der Waals surface area contributed by atoms with E-state index >= 15 is 0 Å². The average molecular weight is 294 g/mol. The second kappa shape index (κ2) is 4.62. The van der Waals surface area contributed by atoms with E-state index < -0.39 is 40.6 Å². The molecule has 9 heteroatoms. The fourth-order valence-corrected chi connectivity index (χ4v) is 2.08. The summed E-state index contributed by atoms with van der Waals surface area (Å²) in [4.78, 5) is 27.7. The van der Waals surface area contributed by atoms with E-state index in [0.29, 0.717) is 12.1 Å². The molecule has 0 saturated heterocycles. The van der Waals surface area contributed by atoms with Gasteiger partial charge in [-0.1, -0.05) is 0 Å². The van der Waals surface area contributed by atoms with E-state index in [0.717, 1.165) is 6.33 Å². The lowest BCUT2D eigenvalue weighted by molar-refractivity contribution is -0.117. The number of halogens is 3. The van der Waals surface area contributed by atoms with Crippen LogP contribution in [-0.2, 0) is 4.79 Å². The molecule has 0 radical (unpaired) electrons. The van der Waals surface area contributed by atoms with Crippen molar-refractivity contribution in [2.24, 2.45) is 0 Å². The average Bonchev–Trinajstić information content (AvgIpc) is 2.41. The van der Waals surface area contributed by atoms with Crippen molar-refractivity contribution in [3.63, 3.8) is 0 Å². The number of hydrogen-bond acceptors (Lipinski definition) is 5. The number of hydrogen-bond donors (Lipinski definition) is 1. The van der Waals surface area contributed by atoms with Crippen LogP contribution in [0.2, 0.25) is 0 Å². The molecule has 1 aromatic carbocycles. The molecule has 0 aliphatic carbocycles. The van der Waals surface area contributed by atoms with Gasteiger partial charge in [0.05, 0.1) is 0 Å². The van der Waals surface area contributed by atoms with Gasteiger partial charge in [0.2, 0.25) is 11.7 Å². The number of benzene rings is 1. The van der Waals surface area contributed by atoms with Crippen LogP contribution in [0.5, 0.6) is 0 Å². The maximum absolute atomic E-state index is 13.8. The van der Waals surface area contributed by atoms with Crippen LogP contribution in [-0.4, -0.2) is 26.9 Å². The van der Waals surface area contributed by atoms with Gasteiger partial charge in [0.15, 0.2) is 11.5 Å². The predicted octanol–water partition coefficient (Wildman–Crippen LogP) is 1.21. The molecule has 2 aromatic rings. The number of nitrogens with one attached hydrogen (secondary N) is 1. The smallest absolute Gasteiger partial charge is 0.241 e. The first-order valence-corrected chi connectivity index (χ1v) is 5.66. The van der Waals surface area contributed by atoms with Gasteiger partial charge in [-0.3, -0.25) is 9.59 Å². The lowest BCUT2D eigenvalue weighted by Crippen LogP contribution is -2.36. The van der Waals surface area contributed by atoms with Crippen LogP contribution in [0.3, 0.4) is 0 Å². The van der Waals surface area contributed by atoms with Gasteiger partial charge < -0.3 is 5.32 Å². The summed E-state index contributed by atoms with van der Waals surface area (Å²) in [7, 11) is 0. The second-order valence-electron chi connectivity index (χ2n) is 4.23. The highest BCUT2D eigenvalue weighted by Gasteiger charge is 2.40. The highest BCUT2D eigenvalue weighted by molar-refractivity contribution is 6.22. The minimum Gasteiger partial charge on any atom is -0.306 e. The van der Waals surface area contributed by atoms with Gasteiger partial charge in [0, 0.05) is 17.7 Å². The van der Waals surface area contributed by atoms with Crippen LogP contribution < -0.4 is 5.32 Å². The Hall–Kier alpha value is -2.84. The van der Waals surface area contributed by atoms with Crippen molar-refractivity contribution >= 4 is 17.5 Å². The molecule has 1 aromatic heterocycles. The van der Waals surface area contributed by atoms with Crippen molar-refractivity contribution in [1.82, 2.24) is 15.2 Å². The number of fused-ring (bicyclic) bond motifs is 1. The number of carbonyl (C=O) groups is 2. The molecule has 1 atom stereocenters. The minimum absolute atomic E-state index is 0.188. The zero-order valence-corrected chi connectivity index (χ0v) is 10.1. The van der Waals surface area contributed by atoms with Crippen LogP contribution in [0, 0.1) is 17.5 Å². The molecule has 0 fully saturated rings. The minimum atomic E-state index is -1.80. The SMILES string of the molecule is O=C1Nc2nncnc2C(=O)C1c1c(F)cc(F)cc1F. The molecule has 106 valence electrons. The highest BCUT2D eigenvalue weighted by atomic mass is 19.1. The van der Waals surface area contributed by atoms with Crippen molar-refractivity contribution in [1.29, 1.82) is 0 Å². The Balaban J connectivity index is 2.17. The van der Waals surface area contributed by atoms with Gasteiger partial charge in [0.25, 0.3) is 0 Å². The van der Waals surface area contributed by atoms with Gasteiger partial charge >= 0.3 is 0 Å². The Bertz CT molecular complexity index is 758. The first-order valence-electron chi connectivity index (χ1n) is 5.66. The zero-order valence-electron chi connectivity index (χ0n) is 10.1. The van der Waals surface area contributed by atoms with Gasteiger partial charge in [-0.15, -0.1) is 10.2 Å². The molecule has 1 unspecified atom stereocenters. The molecule has 21 heavy (non-hydrogen) atoms. The lowest BCUT2D eigenvalue weighted by atomic mass is 9.88. The molecule has 1 amide bonds. The summed E-state index contributed by atoms with van der Waals surface area (Å²) in [6, 6.07) is 0.791. The highest BCUT2D eigenvalue weighted by Crippen LogP contribution is 2.32. The number of ketones is 1. The fraction of sp³-hybridized carbons (Fsp3) is 0.0833. The standard InChI is InChI=1S/C12H5F3N4O2/c13-4-1-5(14)7(6(15)2-4)8-10(20)9-11(18-12(8)21)19-17-3-16-9/h1-3,8H,(H,18,19,21). The van der Waals surface area contributed by atoms with Crippen molar-refractivity contribution < 1.29 is 22.8 Å². The summed E-state index contributed by atoms with van der Waals surface area (Å²) < 4.78 is 40.4. The van der Waals surface area contributed by atoms with Crippen molar-refractivity contribution in [3.8, 4) is 0 Å². The maximum Gasteiger partial charge on any atom is 0.241 e. The summed E-state index contributed by atoms with van der Waals surface area (Å²) in [5.41, 5.74) is -1.10. The Morgan fingerprint density at radius 3 is 2.43 bits per heavy atom. The van der Waals surface area contributed by atoms with Crippen molar-refractivity contribution in [2.45, 2.75) is 5.92 Å².